The summed E-state index contributed by atoms with van der Waals surface area (Å²) in [4.78, 5) is 3.61. The first-order valence-electron chi connectivity index (χ1n) is 3.77. The number of hydrogen-bond acceptors (Lipinski definition) is 1. The van der Waals surface area contributed by atoms with Gasteiger partial charge in [0.25, 0.3) is 0 Å². The molecule has 1 nitrogen and oxygen atoms in total. The van der Waals surface area contributed by atoms with Gasteiger partial charge in [0, 0.05) is 10.9 Å². The Labute approximate surface area is 89.8 Å². The Kier molecular flexibility index (Phi) is 4.39. The lowest BCUT2D eigenvalue weighted by atomic mass is 10.2. The average molecular weight is 265 g/mol. The lowest BCUT2D eigenvalue weighted by Gasteiger charge is -1.96. The van der Waals surface area contributed by atoms with Crippen molar-refractivity contribution < 1.29 is 4.39 Å². The number of hydrogen-bond donors (Lipinski definition) is 0. The molecule has 1 heterocycles. The average Bonchev–Trinajstić information content (AvgIpc) is 2.11. The molecule has 13 heavy (non-hydrogen) atoms. The van der Waals surface area contributed by atoms with Crippen LogP contribution in [0.4, 0.5) is 4.39 Å². The van der Waals surface area contributed by atoms with E-state index < -0.39 is 0 Å². The van der Waals surface area contributed by atoms with Gasteiger partial charge in [-0.1, -0.05) is 39.7 Å². The Hall–Kier alpha value is -0.410. The number of nitrogens with zero attached hydrogens (tertiary/aromatic N) is 1. The molecule has 70 valence electrons. The molecule has 0 N–H and O–H groups in total. The third-order valence-corrected chi connectivity index (χ3v) is 2.09. The van der Waals surface area contributed by atoms with Crippen molar-refractivity contribution in [1.82, 2.24) is 4.98 Å². The highest BCUT2D eigenvalue weighted by atomic mass is 79.9. The predicted octanol–water partition coefficient (Wildman–Crippen LogP) is 3.67. The summed E-state index contributed by atoms with van der Waals surface area (Å²) in [6.45, 7) is 0. The van der Waals surface area contributed by atoms with Gasteiger partial charge in [-0.05, 0) is 12.5 Å². The zero-order chi connectivity index (χ0) is 9.68. The number of halogens is 3. The van der Waals surface area contributed by atoms with E-state index in [2.05, 4.69) is 20.9 Å². The van der Waals surface area contributed by atoms with Gasteiger partial charge in [-0.25, -0.2) is 9.37 Å². The van der Waals surface area contributed by atoms with E-state index in [4.69, 9.17) is 11.6 Å². The Morgan fingerprint density at radius 2 is 2.38 bits per heavy atom. The SMILES string of the molecule is Fc1cnc(Cl)cc1C=CCCBr. The molecule has 1 rings (SSSR count). The lowest BCUT2D eigenvalue weighted by Crippen LogP contribution is -1.84. The first kappa shape index (κ1) is 10.7. The lowest BCUT2D eigenvalue weighted by molar-refractivity contribution is 0.618. The summed E-state index contributed by atoms with van der Waals surface area (Å²) in [5.74, 6) is -0.352. The van der Waals surface area contributed by atoms with Crippen LogP contribution in [0.1, 0.15) is 12.0 Å². The van der Waals surface area contributed by atoms with Crippen molar-refractivity contribution >= 4 is 33.6 Å². The molecule has 1 aromatic rings. The molecule has 0 aliphatic rings. The largest absolute Gasteiger partial charge is 0.241 e. The fourth-order valence-electron chi connectivity index (χ4n) is 0.828. The van der Waals surface area contributed by atoms with Crippen LogP contribution in [0.3, 0.4) is 0 Å². The van der Waals surface area contributed by atoms with Crippen molar-refractivity contribution in [3.8, 4) is 0 Å². The molecular formula is C9H8BrClFN. The van der Waals surface area contributed by atoms with Crippen LogP contribution >= 0.6 is 27.5 Å². The van der Waals surface area contributed by atoms with E-state index in [-0.39, 0.29) is 5.82 Å². The van der Waals surface area contributed by atoms with Crippen LogP contribution in [-0.4, -0.2) is 10.3 Å². The summed E-state index contributed by atoms with van der Waals surface area (Å²) in [6.07, 6.45) is 5.56. The maximum Gasteiger partial charge on any atom is 0.148 e. The zero-order valence-corrected chi connectivity index (χ0v) is 9.15. The van der Waals surface area contributed by atoms with Gasteiger partial charge in [0.1, 0.15) is 11.0 Å². The molecule has 0 amide bonds. The molecule has 0 aliphatic heterocycles. The second-order valence-corrected chi connectivity index (χ2v) is 3.59. The molecule has 0 aromatic carbocycles. The molecule has 0 saturated heterocycles. The molecule has 0 unspecified atom stereocenters. The highest BCUT2D eigenvalue weighted by molar-refractivity contribution is 9.09. The fraction of sp³-hybridized carbons (Fsp3) is 0.222. The van der Waals surface area contributed by atoms with Gasteiger partial charge in [-0.15, -0.1) is 0 Å². The number of alkyl halides is 1. The zero-order valence-electron chi connectivity index (χ0n) is 6.80. The van der Waals surface area contributed by atoms with Crippen molar-refractivity contribution in [3.63, 3.8) is 0 Å². The summed E-state index contributed by atoms with van der Waals surface area (Å²) >= 11 is 8.88. The van der Waals surface area contributed by atoms with Gasteiger partial charge in [0.15, 0.2) is 0 Å². The summed E-state index contributed by atoms with van der Waals surface area (Å²) in [7, 11) is 0. The smallest absolute Gasteiger partial charge is 0.148 e. The second-order valence-electron chi connectivity index (χ2n) is 2.41. The van der Waals surface area contributed by atoms with Crippen molar-refractivity contribution in [2.24, 2.45) is 0 Å². The topological polar surface area (TPSA) is 12.9 Å². The van der Waals surface area contributed by atoms with Gasteiger partial charge < -0.3 is 0 Å². The maximum atomic E-state index is 13.0. The van der Waals surface area contributed by atoms with Crippen LogP contribution in [0.2, 0.25) is 5.15 Å². The Balaban J connectivity index is 2.81. The van der Waals surface area contributed by atoms with E-state index >= 15 is 0 Å². The van der Waals surface area contributed by atoms with Crippen molar-refractivity contribution in [3.05, 3.63) is 34.9 Å². The normalized spacial score (nSPS) is 11.0. The van der Waals surface area contributed by atoms with E-state index in [1.165, 1.54) is 6.07 Å². The Bertz CT molecular complexity index is 314. The summed E-state index contributed by atoms with van der Waals surface area (Å²) in [5, 5.41) is 1.17. The predicted molar refractivity (Wildman–Crippen MR) is 56.7 cm³/mol. The molecule has 4 heteroatoms. The number of pyridine rings is 1. The van der Waals surface area contributed by atoms with Crippen molar-refractivity contribution in [2.75, 3.05) is 5.33 Å². The molecular weight excluding hydrogens is 256 g/mol. The molecule has 1 aromatic heterocycles. The fourth-order valence-corrected chi connectivity index (χ4v) is 1.26. The quantitative estimate of drug-likeness (QED) is 0.599. The van der Waals surface area contributed by atoms with Crippen LogP contribution in [0, 0.1) is 5.82 Å². The Morgan fingerprint density at radius 3 is 3.08 bits per heavy atom. The minimum atomic E-state index is -0.352. The third-order valence-electron chi connectivity index (χ3n) is 1.42. The first-order valence-corrected chi connectivity index (χ1v) is 5.27. The molecule has 0 atom stereocenters. The van der Waals surface area contributed by atoms with E-state index in [1.54, 1.807) is 6.08 Å². The van der Waals surface area contributed by atoms with E-state index in [0.29, 0.717) is 10.7 Å². The van der Waals surface area contributed by atoms with Crippen molar-refractivity contribution in [1.29, 1.82) is 0 Å². The number of aromatic nitrogens is 1. The van der Waals surface area contributed by atoms with Crippen LogP contribution < -0.4 is 0 Å². The van der Waals surface area contributed by atoms with Gasteiger partial charge >= 0.3 is 0 Å². The molecule has 0 spiro atoms. The number of rotatable bonds is 3. The van der Waals surface area contributed by atoms with Gasteiger partial charge in [0.2, 0.25) is 0 Å². The molecule has 0 bridgehead atoms. The van der Waals surface area contributed by atoms with Crippen LogP contribution in [0.5, 0.6) is 0 Å². The van der Waals surface area contributed by atoms with E-state index in [0.717, 1.165) is 17.9 Å². The van der Waals surface area contributed by atoms with Crippen LogP contribution in [-0.2, 0) is 0 Å². The molecule has 0 radical (unpaired) electrons. The molecule has 0 aliphatic carbocycles. The number of allylic oxidation sites excluding steroid dienone is 1. The minimum Gasteiger partial charge on any atom is -0.241 e. The molecule has 0 saturated carbocycles. The monoisotopic (exact) mass is 263 g/mol. The van der Waals surface area contributed by atoms with Crippen LogP contribution in [0.25, 0.3) is 6.08 Å². The summed E-state index contributed by atoms with van der Waals surface area (Å²) < 4.78 is 13.0. The second kappa shape index (κ2) is 5.35. The molecule has 0 fully saturated rings. The standard InChI is InChI=1S/C9H8BrClFN/c10-4-2-1-3-7-5-9(11)13-6-8(7)12/h1,3,5-6H,2,4H2. The Morgan fingerprint density at radius 1 is 1.62 bits per heavy atom. The summed E-state index contributed by atoms with van der Waals surface area (Å²) in [5.41, 5.74) is 0.473. The van der Waals surface area contributed by atoms with Crippen LogP contribution in [0.15, 0.2) is 18.3 Å². The van der Waals surface area contributed by atoms with Gasteiger partial charge in [0.05, 0.1) is 6.20 Å². The summed E-state index contributed by atoms with van der Waals surface area (Å²) in [6, 6.07) is 1.50. The minimum absolute atomic E-state index is 0.305. The van der Waals surface area contributed by atoms with E-state index in [1.807, 2.05) is 6.08 Å². The van der Waals surface area contributed by atoms with E-state index in [9.17, 15) is 4.39 Å². The highest BCUT2D eigenvalue weighted by Gasteiger charge is 1.99. The first-order chi connectivity index (χ1) is 6.24. The van der Waals surface area contributed by atoms with Crippen molar-refractivity contribution in [2.45, 2.75) is 6.42 Å². The third kappa shape index (κ3) is 3.44. The van der Waals surface area contributed by atoms with Gasteiger partial charge in [-0.2, -0.15) is 0 Å². The van der Waals surface area contributed by atoms with Gasteiger partial charge in [-0.3, -0.25) is 0 Å². The highest BCUT2D eigenvalue weighted by Crippen LogP contribution is 2.13. The maximum absolute atomic E-state index is 13.0.